The van der Waals surface area contributed by atoms with Gasteiger partial charge in [-0.3, -0.25) is 0 Å². The number of benzene rings is 4. The minimum absolute atomic E-state index is 0. The maximum absolute atomic E-state index is 2.34. The van der Waals surface area contributed by atoms with Crippen molar-refractivity contribution >= 4 is 22.3 Å². The molecule has 0 N–H and O–H groups in total. The first kappa shape index (κ1) is 24.9. The van der Waals surface area contributed by atoms with E-state index in [1.54, 1.807) is 24.7 Å². The fourth-order valence-electron chi connectivity index (χ4n) is 5.61. The van der Waals surface area contributed by atoms with Gasteiger partial charge in [-0.25, -0.2) is 0 Å². The molecule has 0 fully saturated rings. The first-order valence-electron chi connectivity index (χ1n) is 11.2. The van der Waals surface area contributed by atoms with Crippen LogP contribution in [0.4, 0.5) is 0 Å². The van der Waals surface area contributed by atoms with Crippen LogP contribution in [-0.4, -0.2) is 0 Å². The Morgan fingerprint density at radius 3 is 1.59 bits per heavy atom. The van der Waals surface area contributed by atoms with Crippen molar-refractivity contribution in [1.82, 2.24) is 0 Å². The molecule has 4 aromatic rings. The minimum atomic E-state index is 0. The quantitative estimate of drug-likeness (QED) is 0.362. The summed E-state index contributed by atoms with van der Waals surface area (Å²) in [6.07, 6.45) is 0. The van der Waals surface area contributed by atoms with E-state index in [2.05, 4.69) is 116 Å². The van der Waals surface area contributed by atoms with Crippen molar-refractivity contribution in [3.8, 4) is 0 Å². The maximum atomic E-state index is 2.34. The molecule has 0 aliphatic heterocycles. The molecule has 0 nitrogen and oxygen atoms in total. The van der Waals surface area contributed by atoms with Crippen molar-refractivity contribution in [3.63, 3.8) is 0 Å². The van der Waals surface area contributed by atoms with Crippen molar-refractivity contribution in [2.75, 3.05) is 0 Å². The molecule has 0 amide bonds. The van der Waals surface area contributed by atoms with Crippen molar-refractivity contribution in [2.24, 2.45) is 0 Å². The third-order valence-electron chi connectivity index (χ3n) is 6.97. The van der Waals surface area contributed by atoms with Crippen molar-refractivity contribution in [1.29, 1.82) is 0 Å². The molecule has 2 unspecified atom stereocenters. The monoisotopic (exact) mass is 555 g/mol. The zero-order valence-corrected chi connectivity index (χ0v) is 22.8. The Morgan fingerprint density at radius 1 is 0.500 bits per heavy atom. The largest absolute Gasteiger partial charge is 1.00 e. The van der Waals surface area contributed by atoms with E-state index >= 15 is 0 Å². The molecular formula is C31H23Cl2Zr. The van der Waals surface area contributed by atoms with Gasteiger partial charge < -0.3 is 24.8 Å². The second kappa shape index (κ2) is 10.2. The third-order valence-corrected chi connectivity index (χ3v) is 8.44. The molecular weight excluding hydrogens is 534 g/mol. The second-order valence-corrected chi connectivity index (χ2v) is 10.1. The van der Waals surface area contributed by atoms with Crippen LogP contribution in [0.5, 0.6) is 0 Å². The first-order valence-corrected chi connectivity index (χ1v) is 12.6. The Morgan fingerprint density at radius 2 is 0.971 bits per heavy atom. The fraction of sp³-hybridized carbons (Fsp3) is 0.0968. The Kier molecular flexibility index (Phi) is 7.49. The molecule has 2 aliphatic rings. The summed E-state index contributed by atoms with van der Waals surface area (Å²) in [7, 11) is 0. The van der Waals surface area contributed by atoms with Gasteiger partial charge in [-0.05, 0) is 0 Å². The SMILES string of the molecule is CC1=C(c2ccccc2)C(C2=C(c3ccccc3)[CH]([Zr+2])c3ccccc32)c2ccccc21.[Cl-].[Cl-]. The topological polar surface area (TPSA) is 0 Å². The summed E-state index contributed by atoms with van der Waals surface area (Å²) in [5, 5.41) is 0. The van der Waals surface area contributed by atoms with E-state index in [0.717, 1.165) is 0 Å². The van der Waals surface area contributed by atoms with Gasteiger partial charge in [0.25, 0.3) is 0 Å². The Bertz CT molecular complexity index is 1390. The van der Waals surface area contributed by atoms with E-state index in [4.69, 9.17) is 0 Å². The van der Waals surface area contributed by atoms with Crippen LogP contribution in [0.15, 0.2) is 109 Å². The van der Waals surface area contributed by atoms with E-state index in [-0.39, 0.29) is 30.7 Å². The zero-order valence-electron chi connectivity index (χ0n) is 18.8. The predicted octanol–water partition coefficient (Wildman–Crippen LogP) is 1.94. The van der Waals surface area contributed by atoms with Crippen LogP contribution < -0.4 is 24.8 Å². The van der Waals surface area contributed by atoms with Crippen LogP contribution in [0.25, 0.3) is 22.3 Å². The van der Waals surface area contributed by atoms with Crippen molar-refractivity contribution in [2.45, 2.75) is 16.5 Å². The summed E-state index contributed by atoms with van der Waals surface area (Å²) in [5.74, 6) is 0.246. The third kappa shape index (κ3) is 3.89. The average molecular weight is 558 g/mol. The van der Waals surface area contributed by atoms with Gasteiger partial charge in [0, 0.05) is 0 Å². The molecule has 4 aromatic carbocycles. The number of rotatable bonds is 3. The molecule has 6 rings (SSSR count). The zero-order chi connectivity index (χ0) is 21.7. The summed E-state index contributed by atoms with van der Waals surface area (Å²) in [6.45, 7) is 2.31. The van der Waals surface area contributed by atoms with Gasteiger partial charge in [0.05, 0.1) is 0 Å². The fourth-order valence-corrected chi connectivity index (χ4v) is 7.02. The normalized spacial score (nSPS) is 18.2. The predicted molar refractivity (Wildman–Crippen MR) is 131 cm³/mol. The van der Waals surface area contributed by atoms with Gasteiger partial charge in [-0.15, -0.1) is 0 Å². The van der Waals surface area contributed by atoms with Crippen molar-refractivity contribution in [3.05, 3.63) is 143 Å². The van der Waals surface area contributed by atoms with Crippen LogP contribution >= 0.6 is 0 Å². The standard InChI is InChI=1S/C31H23.2ClH.Zr/c1-21-25-17-10-11-19-27(25)31(29(21)23-14-6-3-7-15-23)30-26-18-9-8-16-24(26)20-28(30)22-12-4-2-5-13-22;;;/h2-20,31H,1H3;2*1H;/q;;;+2/p-2. The van der Waals surface area contributed by atoms with E-state index < -0.39 is 0 Å². The van der Waals surface area contributed by atoms with Gasteiger partial charge in [0.15, 0.2) is 0 Å². The molecule has 2 aliphatic carbocycles. The molecule has 0 spiro atoms. The van der Waals surface area contributed by atoms with E-state index in [1.165, 1.54) is 55.7 Å². The molecule has 0 aromatic heterocycles. The number of halogens is 2. The van der Waals surface area contributed by atoms with Crippen LogP contribution in [0.3, 0.4) is 0 Å². The Balaban J connectivity index is 0.00000137. The number of fused-ring (bicyclic) bond motifs is 2. The van der Waals surface area contributed by atoms with Crippen LogP contribution in [0, 0.1) is 0 Å². The average Bonchev–Trinajstić information content (AvgIpc) is 3.31. The van der Waals surface area contributed by atoms with Gasteiger partial charge in [-0.2, -0.15) is 0 Å². The Labute approximate surface area is 229 Å². The summed E-state index contributed by atoms with van der Waals surface area (Å²) < 4.78 is 0.459. The summed E-state index contributed by atoms with van der Waals surface area (Å²) in [4.78, 5) is 0. The van der Waals surface area contributed by atoms with Crippen LogP contribution in [0.1, 0.15) is 49.8 Å². The summed E-state index contributed by atoms with van der Waals surface area (Å²) >= 11 is 1.55. The number of hydrogen-bond acceptors (Lipinski definition) is 0. The molecule has 2 atom stereocenters. The first-order chi connectivity index (χ1) is 15.8. The molecule has 165 valence electrons. The minimum Gasteiger partial charge on any atom is -1.00 e. The summed E-state index contributed by atoms with van der Waals surface area (Å²) in [5.41, 5.74) is 14.3. The molecule has 0 saturated carbocycles. The van der Waals surface area contributed by atoms with Crippen LogP contribution in [-0.2, 0) is 24.7 Å². The molecule has 0 bridgehead atoms. The van der Waals surface area contributed by atoms with E-state index in [0.29, 0.717) is 3.63 Å². The molecule has 34 heavy (non-hydrogen) atoms. The molecule has 3 heteroatoms. The second-order valence-electron chi connectivity index (χ2n) is 8.64. The number of hydrogen-bond donors (Lipinski definition) is 0. The Hall–Kier alpha value is -2.18. The van der Waals surface area contributed by atoms with Crippen LogP contribution in [0.2, 0.25) is 0 Å². The van der Waals surface area contributed by atoms with E-state index in [9.17, 15) is 0 Å². The van der Waals surface area contributed by atoms with Gasteiger partial charge in [-0.1, -0.05) is 0 Å². The smallest absolute Gasteiger partial charge is 1.00 e. The molecule has 0 heterocycles. The van der Waals surface area contributed by atoms with Gasteiger partial charge >= 0.3 is 206 Å². The van der Waals surface area contributed by atoms with Gasteiger partial charge in [0.1, 0.15) is 0 Å². The summed E-state index contributed by atoms with van der Waals surface area (Å²) in [6, 6.07) is 40.1. The molecule has 0 saturated heterocycles. The maximum Gasteiger partial charge on any atom is -1.00 e. The van der Waals surface area contributed by atoms with Gasteiger partial charge in [0.2, 0.25) is 0 Å². The van der Waals surface area contributed by atoms with E-state index in [1.807, 2.05) is 0 Å². The number of allylic oxidation sites excluding steroid dienone is 4. The molecule has 0 radical (unpaired) electrons. The van der Waals surface area contributed by atoms with Crippen molar-refractivity contribution < 1.29 is 49.5 Å².